The Morgan fingerprint density at radius 3 is 2.70 bits per heavy atom. The van der Waals surface area contributed by atoms with Crippen LogP contribution in [0.1, 0.15) is 36.6 Å². The van der Waals surface area contributed by atoms with Gasteiger partial charge in [0.25, 0.3) is 0 Å². The maximum Gasteiger partial charge on any atom is 0.351 e. The van der Waals surface area contributed by atoms with Crippen molar-refractivity contribution in [2.45, 2.75) is 38.6 Å². The van der Waals surface area contributed by atoms with Gasteiger partial charge < -0.3 is 29.2 Å². The number of phenols is 2. The number of hydrogen-bond donors (Lipinski definition) is 2. The number of hydrogen-bond acceptors (Lipinski definition) is 7. The molecular formula is C23H24O7. The summed E-state index contributed by atoms with van der Waals surface area (Å²) in [6, 6.07) is 8.34. The molecule has 0 fully saturated rings. The third-order valence-electron chi connectivity index (χ3n) is 5.28. The predicted molar refractivity (Wildman–Crippen MR) is 109 cm³/mol. The summed E-state index contributed by atoms with van der Waals surface area (Å²) in [6.45, 7) is 3.87. The first-order chi connectivity index (χ1) is 14.4. The van der Waals surface area contributed by atoms with Gasteiger partial charge in [-0.2, -0.15) is 0 Å². The van der Waals surface area contributed by atoms with Crippen LogP contribution < -0.4 is 9.47 Å². The van der Waals surface area contributed by atoms with Crippen LogP contribution in [0.3, 0.4) is 0 Å². The van der Waals surface area contributed by atoms with Crippen LogP contribution in [0, 0.1) is 0 Å². The average Bonchev–Trinajstić information content (AvgIpc) is 2.73. The highest BCUT2D eigenvalue weighted by molar-refractivity contribution is 5.84. The number of carbonyl (C=O) groups excluding carboxylic acids is 1. The maximum atomic E-state index is 12.7. The molecule has 0 unspecified atom stereocenters. The molecular weight excluding hydrogens is 388 g/mol. The van der Waals surface area contributed by atoms with E-state index in [9.17, 15) is 15.0 Å². The molecule has 30 heavy (non-hydrogen) atoms. The Morgan fingerprint density at radius 2 is 1.97 bits per heavy atom. The van der Waals surface area contributed by atoms with E-state index in [1.807, 2.05) is 19.1 Å². The lowest BCUT2D eigenvalue weighted by Gasteiger charge is -2.36. The second-order valence-corrected chi connectivity index (χ2v) is 7.37. The minimum absolute atomic E-state index is 0.165. The van der Waals surface area contributed by atoms with Crippen molar-refractivity contribution in [2.24, 2.45) is 0 Å². The summed E-state index contributed by atoms with van der Waals surface area (Å²) in [6.07, 6.45) is 0.609. The van der Waals surface area contributed by atoms with E-state index in [4.69, 9.17) is 18.9 Å². The highest BCUT2D eigenvalue weighted by Gasteiger charge is 2.39. The molecule has 2 heterocycles. The molecule has 0 radical (unpaired) electrons. The van der Waals surface area contributed by atoms with Gasteiger partial charge in [-0.25, -0.2) is 4.79 Å². The number of benzene rings is 2. The van der Waals surface area contributed by atoms with Crippen LogP contribution in [-0.4, -0.2) is 42.1 Å². The molecule has 2 N–H and O–H groups in total. The van der Waals surface area contributed by atoms with Crippen molar-refractivity contribution in [3.05, 3.63) is 52.6 Å². The monoisotopic (exact) mass is 412 g/mol. The second-order valence-electron chi connectivity index (χ2n) is 7.37. The van der Waals surface area contributed by atoms with Gasteiger partial charge in [-0.15, -0.1) is 0 Å². The summed E-state index contributed by atoms with van der Waals surface area (Å²) in [4.78, 5) is 12.7. The van der Waals surface area contributed by atoms with Crippen LogP contribution in [0.2, 0.25) is 0 Å². The molecule has 0 amide bonds. The molecule has 2 aliphatic rings. The molecule has 0 aromatic heterocycles. The molecule has 7 nitrogen and oxygen atoms in total. The largest absolute Gasteiger partial charge is 0.504 e. The smallest absolute Gasteiger partial charge is 0.351 e. The van der Waals surface area contributed by atoms with Crippen LogP contribution in [0.15, 0.2) is 35.9 Å². The zero-order chi connectivity index (χ0) is 21.4. The fourth-order valence-electron chi connectivity index (χ4n) is 3.92. The van der Waals surface area contributed by atoms with Crippen molar-refractivity contribution < 1.29 is 34.0 Å². The van der Waals surface area contributed by atoms with E-state index < -0.39 is 18.2 Å². The van der Waals surface area contributed by atoms with Crippen molar-refractivity contribution in [2.75, 3.05) is 13.7 Å². The van der Waals surface area contributed by atoms with Crippen LogP contribution in [0.25, 0.3) is 6.08 Å². The lowest BCUT2D eigenvalue weighted by atomic mass is 9.86. The van der Waals surface area contributed by atoms with Gasteiger partial charge in [0.05, 0.1) is 19.8 Å². The summed E-state index contributed by atoms with van der Waals surface area (Å²) in [5.74, 6) is 0.242. The Balaban J connectivity index is 1.85. The van der Waals surface area contributed by atoms with Crippen LogP contribution in [0.5, 0.6) is 23.0 Å². The molecule has 0 saturated carbocycles. The maximum absolute atomic E-state index is 12.7. The van der Waals surface area contributed by atoms with E-state index >= 15 is 0 Å². The Labute approximate surface area is 174 Å². The molecule has 0 saturated heterocycles. The quantitative estimate of drug-likeness (QED) is 0.586. The molecule has 0 spiro atoms. The van der Waals surface area contributed by atoms with Gasteiger partial charge in [0.1, 0.15) is 17.6 Å². The van der Waals surface area contributed by atoms with Crippen molar-refractivity contribution in [3.8, 4) is 23.0 Å². The third kappa shape index (κ3) is 3.57. The second kappa shape index (κ2) is 7.91. The van der Waals surface area contributed by atoms with E-state index in [0.717, 1.165) is 11.1 Å². The summed E-state index contributed by atoms with van der Waals surface area (Å²) < 4.78 is 22.8. The number of ether oxygens (including phenoxy) is 4. The molecule has 4 rings (SSSR count). The topological polar surface area (TPSA) is 94.5 Å². The van der Waals surface area contributed by atoms with E-state index in [0.29, 0.717) is 29.1 Å². The number of esters is 1. The zero-order valence-electron chi connectivity index (χ0n) is 17.0. The van der Waals surface area contributed by atoms with Crippen LogP contribution in [-0.2, 0) is 20.7 Å². The predicted octanol–water partition coefficient (Wildman–Crippen LogP) is 3.52. The van der Waals surface area contributed by atoms with Crippen molar-refractivity contribution in [3.63, 3.8) is 0 Å². The minimum Gasteiger partial charge on any atom is -0.504 e. The fraction of sp³-hybridized carbons (Fsp3) is 0.348. The zero-order valence-corrected chi connectivity index (χ0v) is 17.0. The first-order valence-electron chi connectivity index (χ1n) is 9.84. The van der Waals surface area contributed by atoms with E-state index in [1.165, 1.54) is 12.1 Å². The first kappa shape index (κ1) is 20.1. The van der Waals surface area contributed by atoms with E-state index in [2.05, 4.69) is 0 Å². The summed E-state index contributed by atoms with van der Waals surface area (Å²) in [5, 5.41) is 20.0. The van der Waals surface area contributed by atoms with E-state index in [1.54, 1.807) is 26.2 Å². The molecule has 158 valence electrons. The molecule has 0 aliphatic carbocycles. The van der Waals surface area contributed by atoms with Crippen LogP contribution >= 0.6 is 0 Å². The SMILES string of the molecule is CCOC(=O)[C@H]1Oc2ccc(OC)cc2C=C1[C@@H]1O[C@H](C)Cc2cc(O)c(O)cc21. The number of methoxy groups -OCH3 is 1. The fourth-order valence-corrected chi connectivity index (χ4v) is 3.92. The number of rotatable bonds is 4. The molecule has 7 heteroatoms. The molecule has 2 aromatic rings. The Hall–Kier alpha value is -3.19. The first-order valence-corrected chi connectivity index (χ1v) is 9.84. The van der Waals surface area contributed by atoms with Gasteiger partial charge in [-0.05, 0) is 67.8 Å². The number of phenolic OH excluding ortho intramolecular Hbond substituents is 2. The van der Waals surface area contributed by atoms with Gasteiger partial charge in [-0.3, -0.25) is 0 Å². The van der Waals surface area contributed by atoms with Gasteiger partial charge in [-0.1, -0.05) is 0 Å². The van der Waals surface area contributed by atoms with Crippen molar-refractivity contribution >= 4 is 12.0 Å². The Morgan fingerprint density at radius 1 is 1.20 bits per heavy atom. The highest BCUT2D eigenvalue weighted by Crippen LogP contribution is 2.45. The lowest BCUT2D eigenvalue weighted by molar-refractivity contribution is -0.150. The van der Waals surface area contributed by atoms with E-state index in [-0.39, 0.29) is 24.2 Å². The Bertz CT molecular complexity index is 1010. The molecule has 3 atom stereocenters. The average molecular weight is 412 g/mol. The molecule has 2 aliphatic heterocycles. The molecule has 2 aromatic carbocycles. The summed E-state index contributed by atoms with van der Waals surface area (Å²) in [7, 11) is 1.58. The summed E-state index contributed by atoms with van der Waals surface area (Å²) in [5.41, 5.74) is 2.83. The van der Waals surface area contributed by atoms with Gasteiger partial charge in [0, 0.05) is 11.1 Å². The van der Waals surface area contributed by atoms with Gasteiger partial charge >= 0.3 is 5.97 Å². The van der Waals surface area contributed by atoms with Crippen molar-refractivity contribution in [1.82, 2.24) is 0 Å². The van der Waals surface area contributed by atoms with Crippen molar-refractivity contribution in [1.29, 1.82) is 0 Å². The minimum atomic E-state index is -0.995. The summed E-state index contributed by atoms with van der Waals surface area (Å²) >= 11 is 0. The molecule has 0 bridgehead atoms. The third-order valence-corrected chi connectivity index (χ3v) is 5.28. The van der Waals surface area contributed by atoms with Gasteiger partial charge in [0.2, 0.25) is 6.10 Å². The lowest BCUT2D eigenvalue weighted by Crippen LogP contribution is -2.38. The Kier molecular flexibility index (Phi) is 5.30. The normalized spacial score (nSPS) is 22.2. The number of fused-ring (bicyclic) bond motifs is 2. The van der Waals surface area contributed by atoms with Gasteiger partial charge in [0.15, 0.2) is 11.5 Å². The number of aromatic hydroxyl groups is 2. The number of carbonyl (C=O) groups is 1. The standard InChI is InChI=1S/C23H24O7/c1-4-28-23(26)22-17(9-14-8-15(27-3)5-6-20(14)30-22)21-16-11-19(25)18(24)10-13(16)7-12(2)29-21/h5-6,8-12,21-22,24-25H,4,7H2,1-3H3/t12-,21-,22+/m1/s1. The highest BCUT2D eigenvalue weighted by atomic mass is 16.6. The van der Waals surface area contributed by atoms with Crippen LogP contribution in [0.4, 0.5) is 0 Å².